The van der Waals surface area contributed by atoms with Gasteiger partial charge < -0.3 is 5.32 Å². The van der Waals surface area contributed by atoms with Gasteiger partial charge >= 0.3 is 0 Å². The van der Waals surface area contributed by atoms with Gasteiger partial charge in [0.25, 0.3) is 0 Å². The van der Waals surface area contributed by atoms with Gasteiger partial charge in [-0.25, -0.2) is 0 Å². The first-order valence-electron chi connectivity index (χ1n) is 8.10. The van der Waals surface area contributed by atoms with Gasteiger partial charge in [-0.15, -0.1) is 10.2 Å². The maximum Gasteiger partial charge on any atom is 0.205 e. The maximum absolute atomic E-state index is 4.27. The van der Waals surface area contributed by atoms with Gasteiger partial charge in [-0.1, -0.05) is 55.5 Å². The van der Waals surface area contributed by atoms with Crippen molar-refractivity contribution in [1.29, 1.82) is 0 Å². The molecule has 1 N–H and O–H groups in total. The van der Waals surface area contributed by atoms with Gasteiger partial charge in [0, 0.05) is 12.5 Å². The van der Waals surface area contributed by atoms with Gasteiger partial charge in [-0.3, -0.25) is 4.90 Å². The van der Waals surface area contributed by atoms with E-state index in [4.69, 9.17) is 0 Å². The number of aromatic nitrogens is 2. The van der Waals surface area contributed by atoms with Gasteiger partial charge in [0.1, 0.15) is 5.01 Å². The molecule has 1 atom stereocenters. The summed E-state index contributed by atoms with van der Waals surface area (Å²) >= 11 is 1.67. The molecule has 0 amide bonds. The Morgan fingerprint density at radius 2 is 1.86 bits per heavy atom. The first kappa shape index (κ1) is 15.4. The molecule has 22 heavy (non-hydrogen) atoms. The Morgan fingerprint density at radius 1 is 1.14 bits per heavy atom. The number of benzene rings is 1. The molecular weight excluding hydrogens is 292 g/mol. The summed E-state index contributed by atoms with van der Waals surface area (Å²) in [5.41, 5.74) is 1.38. The summed E-state index contributed by atoms with van der Waals surface area (Å²) in [4.78, 5) is 2.58. The molecule has 1 aromatic heterocycles. The molecule has 1 aromatic carbocycles. The van der Waals surface area contributed by atoms with E-state index in [9.17, 15) is 0 Å². The molecule has 5 heteroatoms. The highest BCUT2D eigenvalue weighted by Crippen LogP contribution is 2.27. The number of hydrogen-bond donors (Lipinski definition) is 1. The molecule has 3 rings (SSSR count). The lowest BCUT2D eigenvalue weighted by Crippen LogP contribution is -2.31. The first-order chi connectivity index (χ1) is 10.7. The number of nitrogens with one attached hydrogen (secondary N) is 1. The topological polar surface area (TPSA) is 41.1 Å². The summed E-state index contributed by atoms with van der Waals surface area (Å²) in [5.74, 6) is 0.441. The molecule has 1 fully saturated rings. The maximum atomic E-state index is 4.27. The Labute approximate surface area is 136 Å². The molecule has 0 bridgehead atoms. The summed E-state index contributed by atoms with van der Waals surface area (Å²) in [6, 6.07) is 11.2. The van der Waals surface area contributed by atoms with E-state index in [0.29, 0.717) is 12.0 Å². The zero-order valence-corrected chi connectivity index (χ0v) is 14.1. The predicted molar refractivity (Wildman–Crippen MR) is 92.5 cm³/mol. The van der Waals surface area contributed by atoms with Crippen LogP contribution in [0.1, 0.15) is 49.2 Å². The predicted octanol–water partition coefficient (Wildman–Crippen LogP) is 3.91. The van der Waals surface area contributed by atoms with Crippen molar-refractivity contribution in [1.82, 2.24) is 15.1 Å². The smallest absolute Gasteiger partial charge is 0.205 e. The molecule has 1 unspecified atom stereocenters. The highest BCUT2D eigenvalue weighted by Gasteiger charge is 2.23. The van der Waals surface area contributed by atoms with Crippen molar-refractivity contribution in [2.24, 2.45) is 0 Å². The van der Waals surface area contributed by atoms with E-state index in [0.717, 1.165) is 16.7 Å². The van der Waals surface area contributed by atoms with Crippen molar-refractivity contribution >= 4 is 16.5 Å². The fourth-order valence-corrected chi connectivity index (χ4v) is 3.66. The van der Waals surface area contributed by atoms with E-state index in [-0.39, 0.29) is 0 Å². The van der Waals surface area contributed by atoms with Crippen molar-refractivity contribution in [3.05, 3.63) is 40.9 Å². The average Bonchev–Trinajstić information content (AvgIpc) is 3.20. The number of nitrogens with zero attached hydrogens (tertiary/aromatic N) is 3. The molecule has 0 aliphatic carbocycles. The van der Waals surface area contributed by atoms with Gasteiger partial charge in [0.15, 0.2) is 0 Å². The Bertz CT molecular complexity index is 575. The highest BCUT2D eigenvalue weighted by atomic mass is 32.1. The van der Waals surface area contributed by atoms with E-state index in [2.05, 4.69) is 64.6 Å². The molecule has 118 valence electrons. The Hall–Kier alpha value is -1.46. The molecule has 0 spiro atoms. The minimum atomic E-state index is 0.412. The van der Waals surface area contributed by atoms with Gasteiger partial charge in [0.2, 0.25) is 5.13 Å². The van der Waals surface area contributed by atoms with Crippen molar-refractivity contribution in [3.63, 3.8) is 0 Å². The number of likely N-dealkylation sites (tertiary alicyclic amines) is 1. The number of anilines is 1. The van der Waals surface area contributed by atoms with E-state index < -0.39 is 0 Å². The van der Waals surface area contributed by atoms with E-state index in [1.165, 1.54) is 31.5 Å². The SMILES string of the molecule is CC(C)c1nnc(NCC(c2ccccc2)N2CCCC2)s1. The third-order valence-corrected chi connectivity index (χ3v) is 5.33. The molecule has 0 saturated carbocycles. The minimum Gasteiger partial charge on any atom is -0.358 e. The molecule has 1 aliphatic heterocycles. The number of hydrogen-bond acceptors (Lipinski definition) is 5. The fraction of sp³-hybridized carbons (Fsp3) is 0.529. The second-order valence-electron chi connectivity index (χ2n) is 6.15. The molecular formula is C17H24N4S. The van der Waals surface area contributed by atoms with Crippen LogP contribution in [-0.4, -0.2) is 34.7 Å². The molecule has 2 heterocycles. The fourth-order valence-electron chi connectivity index (χ4n) is 2.91. The van der Waals surface area contributed by atoms with Crippen LogP contribution in [-0.2, 0) is 0 Å². The second kappa shape index (κ2) is 7.20. The summed E-state index contributed by atoms with van der Waals surface area (Å²) in [5, 5.41) is 14.1. The number of rotatable bonds is 6. The molecule has 0 radical (unpaired) electrons. The van der Waals surface area contributed by atoms with Crippen molar-refractivity contribution in [3.8, 4) is 0 Å². The van der Waals surface area contributed by atoms with Crippen molar-refractivity contribution in [2.75, 3.05) is 25.0 Å². The van der Waals surface area contributed by atoms with Crippen LogP contribution in [0.4, 0.5) is 5.13 Å². The summed E-state index contributed by atoms with van der Waals surface area (Å²) in [6.07, 6.45) is 2.61. The normalized spacial score (nSPS) is 17.0. The molecule has 4 nitrogen and oxygen atoms in total. The van der Waals surface area contributed by atoms with Crippen LogP contribution in [0.3, 0.4) is 0 Å². The zero-order valence-electron chi connectivity index (χ0n) is 13.3. The zero-order chi connectivity index (χ0) is 15.4. The van der Waals surface area contributed by atoms with Crippen LogP contribution in [0.5, 0.6) is 0 Å². The van der Waals surface area contributed by atoms with Gasteiger partial charge in [-0.2, -0.15) is 0 Å². The highest BCUT2D eigenvalue weighted by molar-refractivity contribution is 7.15. The van der Waals surface area contributed by atoms with Crippen molar-refractivity contribution in [2.45, 2.75) is 38.6 Å². The van der Waals surface area contributed by atoms with Crippen LogP contribution >= 0.6 is 11.3 Å². The lowest BCUT2D eigenvalue weighted by Gasteiger charge is -2.28. The Morgan fingerprint density at radius 3 is 2.50 bits per heavy atom. The summed E-state index contributed by atoms with van der Waals surface area (Å²) in [7, 11) is 0. The summed E-state index contributed by atoms with van der Waals surface area (Å²) < 4.78 is 0. The third kappa shape index (κ3) is 3.65. The third-order valence-electron chi connectivity index (χ3n) is 4.15. The standard InChI is InChI=1S/C17H24N4S/c1-13(2)16-19-20-17(22-16)18-12-15(21-10-6-7-11-21)14-8-4-3-5-9-14/h3-5,8-9,13,15H,6-7,10-12H2,1-2H3,(H,18,20). The van der Waals surface area contributed by atoms with Crippen LogP contribution in [0.2, 0.25) is 0 Å². The van der Waals surface area contributed by atoms with Crippen LogP contribution in [0, 0.1) is 0 Å². The Kier molecular flexibility index (Phi) is 5.05. The lowest BCUT2D eigenvalue weighted by molar-refractivity contribution is 0.256. The van der Waals surface area contributed by atoms with E-state index in [1.807, 2.05) is 0 Å². The molecule has 1 saturated heterocycles. The van der Waals surface area contributed by atoms with Crippen molar-refractivity contribution < 1.29 is 0 Å². The van der Waals surface area contributed by atoms with Gasteiger partial charge in [-0.05, 0) is 31.5 Å². The van der Waals surface area contributed by atoms with Gasteiger partial charge in [0.05, 0.1) is 6.04 Å². The molecule has 1 aliphatic rings. The van der Waals surface area contributed by atoms with Crippen LogP contribution < -0.4 is 5.32 Å². The minimum absolute atomic E-state index is 0.412. The van der Waals surface area contributed by atoms with E-state index >= 15 is 0 Å². The quantitative estimate of drug-likeness (QED) is 0.877. The van der Waals surface area contributed by atoms with E-state index in [1.54, 1.807) is 11.3 Å². The second-order valence-corrected chi connectivity index (χ2v) is 7.16. The summed E-state index contributed by atoms with van der Waals surface area (Å²) in [6.45, 7) is 7.57. The first-order valence-corrected chi connectivity index (χ1v) is 8.92. The average molecular weight is 316 g/mol. The van der Waals surface area contributed by atoms with Crippen LogP contribution in [0.15, 0.2) is 30.3 Å². The lowest BCUT2D eigenvalue weighted by atomic mass is 10.1. The van der Waals surface area contributed by atoms with Crippen LogP contribution in [0.25, 0.3) is 0 Å². The monoisotopic (exact) mass is 316 g/mol. The Balaban J connectivity index is 1.69. The molecule has 2 aromatic rings. The largest absolute Gasteiger partial charge is 0.358 e.